The van der Waals surface area contributed by atoms with E-state index in [9.17, 15) is 15.0 Å². The summed E-state index contributed by atoms with van der Waals surface area (Å²) in [6, 6.07) is 6.90. The van der Waals surface area contributed by atoms with E-state index in [0.29, 0.717) is 12.8 Å². The average Bonchev–Trinajstić information content (AvgIpc) is 2.76. The van der Waals surface area contributed by atoms with Gasteiger partial charge in [-0.3, -0.25) is 4.79 Å². The molecule has 1 aromatic rings. The molecular formula is C15H16O3. The lowest BCUT2D eigenvalue weighted by Crippen LogP contribution is -2.20. The molecule has 1 saturated carbocycles. The van der Waals surface area contributed by atoms with Crippen LogP contribution in [0.1, 0.15) is 25.3 Å². The number of benzene rings is 1. The summed E-state index contributed by atoms with van der Waals surface area (Å²) in [4.78, 5) is 12.0. The maximum absolute atomic E-state index is 12.0. The summed E-state index contributed by atoms with van der Waals surface area (Å²) in [6.07, 6.45) is 2.89. The first kappa shape index (κ1) is 11.5. The lowest BCUT2D eigenvalue weighted by molar-refractivity contribution is -0.118. The van der Waals surface area contributed by atoms with E-state index >= 15 is 0 Å². The van der Waals surface area contributed by atoms with Crippen molar-refractivity contribution in [1.29, 1.82) is 0 Å². The van der Waals surface area contributed by atoms with Gasteiger partial charge in [0, 0.05) is 5.92 Å². The van der Waals surface area contributed by atoms with E-state index in [0.717, 1.165) is 11.1 Å². The third-order valence-electron chi connectivity index (χ3n) is 4.07. The fourth-order valence-electron chi connectivity index (χ4n) is 3.26. The summed E-state index contributed by atoms with van der Waals surface area (Å²) in [6.45, 7) is 1.80. The molecule has 2 N–H and O–H groups in total. The molecule has 0 unspecified atom stereocenters. The molecule has 3 atom stereocenters. The van der Waals surface area contributed by atoms with Crippen LogP contribution in [0, 0.1) is 11.8 Å². The molecule has 0 radical (unpaired) electrons. The fourth-order valence-corrected chi connectivity index (χ4v) is 3.26. The van der Waals surface area contributed by atoms with E-state index in [-0.39, 0.29) is 23.4 Å². The SMILES string of the molecule is C[C@@]1(O)C[C@@H]2C(c3ccc(O)cc3)=CC(=O)[C@@H]2C1. The minimum Gasteiger partial charge on any atom is -0.508 e. The van der Waals surface area contributed by atoms with Gasteiger partial charge in [-0.1, -0.05) is 12.1 Å². The highest BCUT2D eigenvalue weighted by Crippen LogP contribution is 2.50. The van der Waals surface area contributed by atoms with Gasteiger partial charge >= 0.3 is 0 Å². The number of aromatic hydroxyl groups is 1. The Balaban J connectivity index is 1.96. The van der Waals surface area contributed by atoms with Crippen molar-refractivity contribution < 1.29 is 15.0 Å². The number of carbonyl (C=O) groups is 1. The molecule has 3 heteroatoms. The van der Waals surface area contributed by atoms with Gasteiger partial charge in [-0.25, -0.2) is 0 Å². The monoisotopic (exact) mass is 244 g/mol. The van der Waals surface area contributed by atoms with Gasteiger partial charge in [0.25, 0.3) is 0 Å². The summed E-state index contributed by atoms with van der Waals surface area (Å²) < 4.78 is 0. The molecule has 3 rings (SSSR count). The molecule has 1 fully saturated rings. The molecule has 0 aromatic heterocycles. The summed E-state index contributed by atoms with van der Waals surface area (Å²) in [7, 11) is 0. The van der Waals surface area contributed by atoms with Crippen LogP contribution in [-0.2, 0) is 4.79 Å². The van der Waals surface area contributed by atoms with Gasteiger partial charge in [0.05, 0.1) is 5.60 Å². The molecule has 1 aromatic carbocycles. The van der Waals surface area contributed by atoms with Gasteiger partial charge in [-0.15, -0.1) is 0 Å². The quantitative estimate of drug-likeness (QED) is 0.795. The maximum Gasteiger partial charge on any atom is 0.159 e. The molecule has 94 valence electrons. The summed E-state index contributed by atoms with van der Waals surface area (Å²) in [5.74, 6) is 0.403. The summed E-state index contributed by atoms with van der Waals surface area (Å²) in [5, 5.41) is 19.4. The Morgan fingerprint density at radius 3 is 2.44 bits per heavy atom. The normalized spacial score (nSPS) is 34.6. The predicted molar refractivity (Wildman–Crippen MR) is 67.9 cm³/mol. The van der Waals surface area contributed by atoms with Crippen molar-refractivity contribution in [2.24, 2.45) is 11.8 Å². The number of aliphatic hydroxyl groups is 1. The van der Waals surface area contributed by atoms with Crippen LogP contribution in [0.4, 0.5) is 0 Å². The van der Waals surface area contributed by atoms with Crippen LogP contribution in [0.2, 0.25) is 0 Å². The molecule has 2 aliphatic rings. The minimum absolute atomic E-state index is 0.0659. The second kappa shape index (κ2) is 3.69. The van der Waals surface area contributed by atoms with E-state index in [1.165, 1.54) is 0 Å². The first-order valence-electron chi connectivity index (χ1n) is 6.23. The fraction of sp³-hybridized carbons (Fsp3) is 0.400. The average molecular weight is 244 g/mol. The van der Waals surface area contributed by atoms with Crippen molar-refractivity contribution in [1.82, 2.24) is 0 Å². The zero-order chi connectivity index (χ0) is 12.9. The molecule has 3 nitrogen and oxygen atoms in total. The van der Waals surface area contributed by atoms with Gasteiger partial charge < -0.3 is 10.2 Å². The van der Waals surface area contributed by atoms with E-state index < -0.39 is 5.60 Å². The van der Waals surface area contributed by atoms with Crippen LogP contribution >= 0.6 is 0 Å². The van der Waals surface area contributed by atoms with Crippen LogP contribution in [0.3, 0.4) is 0 Å². The van der Waals surface area contributed by atoms with Crippen molar-refractivity contribution in [2.45, 2.75) is 25.4 Å². The van der Waals surface area contributed by atoms with Gasteiger partial charge in [-0.2, -0.15) is 0 Å². The van der Waals surface area contributed by atoms with Crippen molar-refractivity contribution in [3.05, 3.63) is 35.9 Å². The molecule has 0 spiro atoms. The van der Waals surface area contributed by atoms with E-state index in [1.807, 2.05) is 12.1 Å². The van der Waals surface area contributed by atoms with E-state index in [1.54, 1.807) is 25.1 Å². The molecule has 0 aliphatic heterocycles. The van der Waals surface area contributed by atoms with Crippen LogP contribution < -0.4 is 0 Å². The molecule has 0 amide bonds. The molecular weight excluding hydrogens is 228 g/mol. The number of hydrogen-bond acceptors (Lipinski definition) is 3. The minimum atomic E-state index is -0.735. The highest BCUT2D eigenvalue weighted by molar-refractivity contribution is 6.04. The Labute approximate surface area is 106 Å². The third-order valence-corrected chi connectivity index (χ3v) is 4.07. The topological polar surface area (TPSA) is 57.5 Å². The number of rotatable bonds is 1. The largest absolute Gasteiger partial charge is 0.508 e. The Morgan fingerprint density at radius 2 is 1.78 bits per heavy atom. The lowest BCUT2D eigenvalue weighted by atomic mass is 9.90. The molecule has 2 aliphatic carbocycles. The number of fused-ring (bicyclic) bond motifs is 1. The predicted octanol–water partition coefficient (Wildman–Crippen LogP) is 2.14. The van der Waals surface area contributed by atoms with Gasteiger partial charge in [0.1, 0.15) is 5.75 Å². The van der Waals surface area contributed by atoms with Crippen LogP contribution in [-0.4, -0.2) is 21.6 Å². The standard InChI is InChI=1S/C15H16O3/c1-15(18)7-12-11(6-14(17)13(12)8-15)9-2-4-10(16)5-3-9/h2-6,12-13,16,18H,7-8H2,1H3/t12-,13-,15-/m1/s1. The molecule has 0 bridgehead atoms. The first-order valence-corrected chi connectivity index (χ1v) is 6.23. The van der Waals surface area contributed by atoms with Crippen LogP contribution in [0.5, 0.6) is 5.75 Å². The number of hydrogen-bond donors (Lipinski definition) is 2. The van der Waals surface area contributed by atoms with Crippen molar-refractivity contribution in [3.63, 3.8) is 0 Å². The summed E-state index contributed by atoms with van der Waals surface area (Å²) >= 11 is 0. The molecule has 0 saturated heterocycles. The third kappa shape index (κ3) is 1.75. The van der Waals surface area contributed by atoms with E-state index in [4.69, 9.17) is 0 Å². The van der Waals surface area contributed by atoms with Gasteiger partial charge in [0.2, 0.25) is 0 Å². The second-order valence-electron chi connectivity index (χ2n) is 5.67. The smallest absolute Gasteiger partial charge is 0.159 e. The molecule has 18 heavy (non-hydrogen) atoms. The zero-order valence-corrected chi connectivity index (χ0v) is 10.3. The highest BCUT2D eigenvalue weighted by atomic mass is 16.3. The highest BCUT2D eigenvalue weighted by Gasteiger charge is 2.48. The van der Waals surface area contributed by atoms with Crippen molar-refractivity contribution >= 4 is 11.4 Å². The molecule has 0 heterocycles. The number of phenolic OH excluding ortho intramolecular Hbond substituents is 1. The van der Waals surface area contributed by atoms with Gasteiger partial charge in [0.15, 0.2) is 5.78 Å². The second-order valence-corrected chi connectivity index (χ2v) is 5.67. The van der Waals surface area contributed by atoms with Crippen molar-refractivity contribution in [2.75, 3.05) is 0 Å². The summed E-state index contributed by atoms with van der Waals surface area (Å²) in [5.41, 5.74) is 1.23. The van der Waals surface area contributed by atoms with Gasteiger partial charge in [-0.05, 0) is 55.0 Å². The number of carbonyl (C=O) groups excluding carboxylic acids is 1. The number of ketones is 1. The Bertz CT molecular complexity index is 525. The Hall–Kier alpha value is -1.61. The van der Waals surface area contributed by atoms with E-state index in [2.05, 4.69) is 0 Å². The Morgan fingerprint density at radius 1 is 1.17 bits per heavy atom. The van der Waals surface area contributed by atoms with Crippen LogP contribution in [0.25, 0.3) is 5.57 Å². The number of phenols is 1. The van der Waals surface area contributed by atoms with Crippen molar-refractivity contribution in [3.8, 4) is 5.75 Å². The maximum atomic E-state index is 12.0. The first-order chi connectivity index (χ1) is 8.46. The lowest BCUT2D eigenvalue weighted by Gasteiger charge is -2.17. The zero-order valence-electron chi connectivity index (χ0n) is 10.3. The number of allylic oxidation sites excluding steroid dienone is 2. The Kier molecular flexibility index (Phi) is 2.35. The van der Waals surface area contributed by atoms with Crippen LogP contribution in [0.15, 0.2) is 30.3 Å².